The van der Waals surface area contributed by atoms with Crippen LogP contribution in [0, 0.1) is 0 Å². The number of esters is 1. The number of alkyl halides is 3. The Morgan fingerprint density at radius 3 is 2.29 bits per heavy atom. The fourth-order valence-corrected chi connectivity index (χ4v) is 2.56. The first kappa shape index (κ1) is 17.7. The molecule has 7 heteroatoms. The summed E-state index contributed by atoms with van der Waals surface area (Å²) in [5.41, 5.74) is -1.65. The lowest BCUT2D eigenvalue weighted by Gasteiger charge is -2.22. The van der Waals surface area contributed by atoms with E-state index < -0.39 is 39.4 Å². The molecule has 0 radical (unpaired) electrons. The van der Waals surface area contributed by atoms with Crippen LogP contribution >= 0.6 is 0 Å². The summed E-state index contributed by atoms with van der Waals surface area (Å²) in [6, 6.07) is 4.14. The van der Waals surface area contributed by atoms with E-state index >= 15 is 0 Å². The van der Waals surface area contributed by atoms with Gasteiger partial charge in [0, 0.05) is 4.90 Å². The van der Waals surface area contributed by atoms with E-state index in [0.717, 1.165) is 18.2 Å². The number of ether oxygens (including phenoxy) is 1. The van der Waals surface area contributed by atoms with Crippen molar-refractivity contribution in [1.82, 2.24) is 0 Å². The van der Waals surface area contributed by atoms with Gasteiger partial charge in [-0.15, -0.1) is 0 Å². The number of hydrogen-bond acceptors (Lipinski definition) is 3. The minimum atomic E-state index is -4.52. The fraction of sp³-hybridized carbons (Fsp3) is 0.500. The van der Waals surface area contributed by atoms with Crippen molar-refractivity contribution in [2.24, 2.45) is 0 Å². The summed E-state index contributed by atoms with van der Waals surface area (Å²) >= 11 is 0. The molecule has 0 aromatic heterocycles. The molecule has 0 aliphatic carbocycles. The monoisotopic (exact) mass is 322 g/mol. The maximum absolute atomic E-state index is 12.6. The van der Waals surface area contributed by atoms with Crippen molar-refractivity contribution in [3.8, 4) is 0 Å². The summed E-state index contributed by atoms with van der Waals surface area (Å²) in [6.45, 7) is 6.34. The van der Waals surface area contributed by atoms with Crippen LogP contribution in [0.25, 0.3) is 0 Å². The van der Waals surface area contributed by atoms with E-state index in [4.69, 9.17) is 4.74 Å². The number of carbonyl (C=O) groups excluding carboxylic acids is 1. The Morgan fingerprint density at radius 1 is 1.24 bits per heavy atom. The van der Waals surface area contributed by atoms with Gasteiger partial charge >= 0.3 is 12.1 Å². The van der Waals surface area contributed by atoms with E-state index in [1.165, 1.54) is 13.0 Å². The minimum Gasteiger partial charge on any atom is -0.459 e. The first-order valence-electron chi connectivity index (χ1n) is 6.22. The lowest BCUT2D eigenvalue weighted by atomic mass is 10.2. The molecular formula is C14H17F3O3S. The Morgan fingerprint density at radius 2 is 1.81 bits per heavy atom. The standard InChI is InChI=1S/C14H17F3O3S/c1-9(12(18)20-13(2,3)4)21(19)11-7-5-6-10(8-11)14(15,16)17/h5-9H,1-4H3. The van der Waals surface area contributed by atoms with Crippen LogP contribution in [-0.2, 0) is 26.5 Å². The summed E-state index contributed by atoms with van der Waals surface area (Å²) in [5, 5.41) is -1.05. The van der Waals surface area contributed by atoms with Gasteiger partial charge < -0.3 is 4.74 Å². The summed E-state index contributed by atoms with van der Waals surface area (Å²) < 4.78 is 55.1. The summed E-state index contributed by atoms with van der Waals surface area (Å²) in [5.74, 6) is -0.710. The molecule has 0 N–H and O–H groups in total. The van der Waals surface area contributed by atoms with Crippen LogP contribution in [-0.4, -0.2) is 21.0 Å². The third kappa shape index (κ3) is 5.15. The van der Waals surface area contributed by atoms with E-state index in [0.29, 0.717) is 0 Å². The second-order valence-corrected chi connectivity index (χ2v) is 7.27. The van der Waals surface area contributed by atoms with E-state index in [9.17, 15) is 22.2 Å². The maximum Gasteiger partial charge on any atom is 0.416 e. The lowest BCUT2D eigenvalue weighted by Crippen LogP contribution is -2.32. The number of halogens is 3. The van der Waals surface area contributed by atoms with Crippen molar-refractivity contribution in [1.29, 1.82) is 0 Å². The zero-order valence-corrected chi connectivity index (χ0v) is 13.0. The molecule has 1 rings (SSSR count). The molecule has 0 aliphatic rings. The van der Waals surface area contributed by atoms with Crippen molar-refractivity contribution < 1.29 is 26.9 Å². The average Bonchev–Trinajstić information content (AvgIpc) is 2.34. The highest BCUT2D eigenvalue weighted by Crippen LogP contribution is 2.30. The Bertz CT molecular complexity index is 547. The van der Waals surface area contributed by atoms with E-state index in [-0.39, 0.29) is 4.90 Å². The van der Waals surface area contributed by atoms with Gasteiger partial charge in [0.15, 0.2) is 0 Å². The molecule has 0 aliphatic heterocycles. The van der Waals surface area contributed by atoms with Crippen molar-refractivity contribution in [2.75, 3.05) is 0 Å². The Kier molecular flexibility index (Phi) is 5.20. The predicted molar refractivity (Wildman–Crippen MR) is 73.2 cm³/mol. The van der Waals surface area contributed by atoms with Gasteiger partial charge in [0.1, 0.15) is 10.9 Å². The number of hydrogen-bond donors (Lipinski definition) is 0. The molecule has 118 valence electrons. The highest BCUT2D eigenvalue weighted by Gasteiger charge is 2.32. The topological polar surface area (TPSA) is 43.4 Å². The average molecular weight is 322 g/mol. The van der Waals surface area contributed by atoms with E-state index in [1.807, 2.05) is 0 Å². The minimum absolute atomic E-state index is 0.0526. The molecule has 2 unspecified atom stereocenters. The van der Waals surface area contributed by atoms with Gasteiger partial charge in [-0.3, -0.25) is 9.00 Å². The van der Waals surface area contributed by atoms with Crippen molar-refractivity contribution in [3.05, 3.63) is 29.8 Å². The van der Waals surface area contributed by atoms with Gasteiger partial charge in [-0.2, -0.15) is 13.2 Å². The molecule has 1 aromatic carbocycles. The fourth-order valence-electron chi connectivity index (χ4n) is 1.47. The third-order valence-corrected chi connectivity index (χ3v) is 4.01. The van der Waals surface area contributed by atoms with Crippen LogP contribution in [0.15, 0.2) is 29.2 Å². The summed E-state index contributed by atoms with van der Waals surface area (Å²) in [7, 11) is -1.91. The zero-order chi connectivity index (χ0) is 16.4. The predicted octanol–water partition coefficient (Wildman–Crippen LogP) is 3.54. The first-order chi connectivity index (χ1) is 9.42. The molecule has 0 amide bonds. The van der Waals surface area contributed by atoms with Crippen molar-refractivity contribution in [3.63, 3.8) is 0 Å². The highest BCUT2D eigenvalue weighted by atomic mass is 32.2. The Balaban J connectivity index is 2.96. The Labute approximate surface area is 123 Å². The lowest BCUT2D eigenvalue weighted by molar-refractivity contribution is -0.153. The van der Waals surface area contributed by atoms with Crippen LogP contribution in [0.1, 0.15) is 33.3 Å². The zero-order valence-electron chi connectivity index (χ0n) is 12.2. The molecular weight excluding hydrogens is 305 g/mol. The SMILES string of the molecule is CC(C(=O)OC(C)(C)C)S(=O)c1cccc(C(F)(F)F)c1. The maximum atomic E-state index is 12.6. The molecule has 0 spiro atoms. The molecule has 0 saturated carbocycles. The van der Waals surface area contributed by atoms with Gasteiger partial charge in [0.2, 0.25) is 0 Å². The Hall–Kier alpha value is -1.37. The molecule has 21 heavy (non-hydrogen) atoms. The normalized spacial score (nSPS) is 15.4. The molecule has 0 saturated heterocycles. The second-order valence-electron chi connectivity index (χ2n) is 5.50. The molecule has 3 nitrogen and oxygen atoms in total. The molecule has 0 heterocycles. The van der Waals surface area contributed by atoms with Crippen molar-refractivity contribution in [2.45, 2.75) is 49.6 Å². The van der Waals surface area contributed by atoms with Crippen LogP contribution in [0.5, 0.6) is 0 Å². The van der Waals surface area contributed by atoms with Crippen LogP contribution in [0.4, 0.5) is 13.2 Å². The molecule has 2 atom stereocenters. The van der Waals surface area contributed by atoms with Gasteiger partial charge in [-0.25, -0.2) is 0 Å². The smallest absolute Gasteiger partial charge is 0.416 e. The highest BCUT2D eigenvalue weighted by molar-refractivity contribution is 7.86. The van der Waals surface area contributed by atoms with Gasteiger partial charge in [-0.1, -0.05) is 6.07 Å². The molecule has 0 bridgehead atoms. The second kappa shape index (κ2) is 6.17. The van der Waals surface area contributed by atoms with Crippen LogP contribution in [0.3, 0.4) is 0 Å². The van der Waals surface area contributed by atoms with E-state index in [2.05, 4.69) is 0 Å². The third-order valence-electron chi connectivity index (χ3n) is 2.45. The van der Waals surface area contributed by atoms with E-state index in [1.54, 1.807) is 20.8 Å². The molecule has 1 aromatic rings. The number of carbonyl (C=O) groups is 1. The quantitative estimate of drug-likeness (QED) is 0.800. The summed E-state index contributed by atoms with van der Waals surface area (Å²) in [6.07, 6.45) is -4.52. The number of benzene rings is 1. The largest absolute Gasteiger partial charge is 0.459 e. The van der Waals surface area contributed by atoms with Crippen molar-refractivity contribution >= 4 is 16.8 Å². The van der Waals surface area contributed by atoms with Gasteiger partial charge in [0.05, 0.1) is 16.4 Å². The van der Waals surface area contributed by atoms with Crippen LogP contribution < -0.4 is 0 Å². The first-order valence-corrected chi connectivity index (χ1v) is 7.44. The number of rotatable bonds is 3. The molecule has 0 fully saturated rings. The van der Waals surface area contributed by atoms with Gasteiger partial charge in [0.25, 0.3) is 0 Å². The summed E-state index contributed by atoms with van der Waals surface area (Å²) in [4.78, 5) is 11.8. The van der Waals surface area contributed by atoms with Crippen LogP contribution in [0.2, 0.25) is 0 Å². The van der Waals surface area contributed by atoms with Gasteiger partial charge in [-0.05, 0) is 45.9 Å².